The number of oxazole rings is 1. The van der Waals surface area contributed by atoms with Crippen molar-refractivity contribution in [3.63, 3.8) is 0 Å². The first-order chi connectivity index (χ1) is 18.0. The van der Waals surface area contributed by atoms with E-state index in [-0.39, 0.29) is 30.8 Å². The van der Waals surface area contributed by atoms with E-state index in [1.54, 1.807) is 32.9 Å². The van der Waals surface area contributed by atoms with Crippen molar-refractivity contribution < 1.29 is 32.7 Å². The number of rotatable bonds is 2. The SMILES string of the molecule is COC(=O)Nc1ccc2c(c1)NC(=O)CCc1nc(ccc1F)CC(NC(=O)OC(C)(C)C)c1ncc-2o1. The van der Waals surface area contributed by atoms with Gasteiger partial charge in [-0.25, -0.2) is 19.0 Å². The quantitative estimate of drug-likeness (QED) is 0.435. The molecule has 1 aliphatic heterocycles. The number of benzene rings is 1. The normalized spacial score (nSPS) is 15.4. The van der Waals surface area contributed by atoms with Gasteiger partial charge in [0.15, 0.2) is 5.76 Å². The topological polar surface area (TPSA) is 145 Å². The van der Waals surface area contributed by atoms with Gasteiger partial charge < -0.3 is 24.5 Å². The van der Waals surface area contributed by atoms with Crippen molar-refractivity contribution in [2.45, 2.75) is 51.7 Å². The monoisotopic (exact) mass is 525 g/mol. The van der Waals surface area contributed by atoms with Crippen LogP contribution in [0.15, 0.2) is 40.9 Å². The van der Waals surface area contributed by atoms with Crippen molar-refractivity contribution in [3.8, 4) is 11.3 Å². The van der Waals surface area contributed by atoms with Crippen molar-refractivity contribution in [2.24, 2.45) is 0 Å². The number of halogens is 1. The van der Waals surface area contributed by atoms with Crippen LogP contribution in [0.4, 0.5) is 25.4 Å². The van der Waals surface area contributed by atoms with Gasteiger partial charge in [-0.05, 0) is 51.1 Å². The third kappa shape index (κ3) is 6.64. The van der Waals surface area contributed by atoms with Crippen molar-refractivity contribution in [1.82, 2.24) is 15.3 Å². The van der Waals surface area contributed by atoms with Crippen LogP contribution in [0, 0.1) is 5.82 Å². The number of fused-ring (bicyclic) bond motifs is 6. The molecule has 4 rings (SSSR count). The molecule has 0 saturated carbocycles. The summed E-state index contributed by atoms with van der Waals surface area (Å²) in [6.45, 7) is 5.23. The smallest absolute Gasteiger partial charge is 0.411 e. The molecule has 3 N–H and O–H groups in total. The van der Waals surface area contributed by atoms with E-state index < -0.39 is 35.6 Å². The van der Waals surface area contributed by atoms with E-state index in [1.807, 2.05) is 0 Å². The predicted octanol–water partition coefficient (Wildman–Crippen LogP) is 4.75. The number of pyridine rings is 1. The van der Waals surface area contributed by atoms with Crippen LogP contribution in [0.2, 0.25) is 0 Å². The average Bonchev–Trinajstić information content (AvgIpc) is 3.32. The number of nitrogens with zero attached hydrogens (tertiary/aromatic N) is 2. The molecule has 0 radical (unpaired) electrons. The minimum Gasteiger partial charge on any atom is -0.453 e. The molecule has 3 amide bonds. The lowest BCUT2D eigenvalue weighted by Crippen LogP contribution is -2.36. The summed E-state index contributed by atoms with van der Waals surface area (Å²) >= 11 is 0. The average molecular weight is 526 g/mol. The van der Waals surface area contributed by atoms with Crippen molar-refractivity contribution in [2.75, 3.05) is 17.7 Å². The van der Waals surface area contributed by atoms with Crippen LogP contribution in [-0.2, 0) is 27.1 Å². The molecular weight excluding hydrogens is 497 g/mol. The van der Waals surface area contributed by atoms with Crippen LogP contribution >= 0.6 is 0 Å². The van der Waals surface area contributed by atoms with Crippen molar-refractivity contribution >= 4 is 29.5 Å². The van der Waals surface area contributed by atoms with Crippen LogP contribution in [-0.4, -0.2) is 40.8 Å². The zero-order chi connectivity index (χ0) is 27.4. The van der Waals surface area contributed by atoms with Crippen LogP contribution < -0.4 is 16.0 Å². The number of carbonyl (C=O) groups is 3. The summed E-state index contributed by atoms with van der Waals surface area (Å²) in [5.41, 5.74) is 1.01. The van der Waals surface area contributed by atoms with E-state index in [2.05, 4.69) is 30.7 Å². The lowest BCUT2D eigenvalue weighted by atomic mass is 10.1. The summed E-state index contributed by atoms with van der Waals surface area (Å²) in [5.74, 6) is -0.478. The molecule has 200 valence electrons. The zero-order valence-electron chi connectivity index (χ0n) is 21.4. The molecule has 0 saturated heterocycles. The molecule has 1 aliphatic rings. The maximum Gasteiger partial charge on any atom is 0.411 e. The number of ether oxygens (including phenoxy) is 2. The molecule has 2 aromatic heterocycles. The number of amides is 3. The molecule has 0 aliphatic carbocycles. The summed E-state index contributed by atoms with van der Waals surface area (Å²) in [6, 6.07) is 6.76. The highest BCUT2D eigenvalue weighted by Gasteiger charge is 2.26. The highest BCUT2D eigenvalue weighted by atomic mass is 19.1. The van der Waals surface area contributed by atoms with Crippen LogP contribution in [0.3, 0.4) is 0 Å². The maximum atomic E-state index is 14.5. The molecule has 38 heavy (non-hydrogen) atoms. The molecule has 0 spiro atoms. The molecule has 1 aromatic carbocycles. The summed E-state index contributed by atoms with van der Waals surface area (Å²) in [6.07, 6.45) is 0.218. The van der Waals surface area contributed by atoms with E-state index in [4.69, 9.17) is 9.15 Å². The third-order valence-electron chi connectivity index (χ3n) is 5.48. The first-order valence-corrected chi connectivity index (χ1v) is 11.9. The number of aromatic nitrogens is 2. The van der Waals surface area contributed by atoms with Gasteiger partial charge >= 0.3 is 12.2 Å². The van der Waals surface area contributed by atoms with Crippen molar-refractivity contribution in [1.29, 1.82) is 0 Å². The van der Waals surface area contributed by atoms with E-state index >= 15 is 0 Å². The third-order valence-corrected chi connectivity index (χ3v) is 5.48. The Bertz CT molecular complexity index is 1370. The second-order valence-corrected chi connectivity index (χ2v) is 9.62. The molecule has 4 bridgehead atoms. The zero-order valence-corrected chi connectivity index (χ0v) is 21.4. The molecule has 11 nitrogen and oxygen atoms in total. The lowest BCUT2D eigenvalue weighted by Gasteiger charge is -2.22. The van der Waals surface area contributed by atoms with E-state index in [9.17, 15) is 18.8 Å². The Labute approximate surface area is 218 Å². The second kappa shape index (κ2) is 10.9. The fraction of sp³-hybridized carbons (Fsp3) is 0.346. The number of anilines is 2. The first kappa shape index (κ1) is 26.6. The fourth-order valence-corrected chi connectivity index (χ4v) is 3.80. The molecule has 3 aromatic rings. The molecule has 1 atom stereocenters. The van der Waals surface area contributed by atoms with Gasteiger partial charge in [-0.3, -0.25) is 15.1 Å². The minimum atomic E-state index is -0.786. The summed E-state index contributed by atoms with van der Waals surface area (Å²) in [5, 5.41) is 8.08. The molecule has 3 heterocycles. The van der Waals surface area contributed by atoms with E-state index in [0.717, 1.165) is 0 Å². The Morgan fingerprint density at radius 2 is 1.95 bits per heavy atom. The van der Waals surface area contributed by atoms with Gasteiger partial charge in [0.2, 0.25) is 11.8 Å². The van der Waals surface area contributed by atoms with Crippen LogP contribution in [0.1, 0.15) is 50.5 Å². The van der Waals surface area contributed by atoms with E-state index in [0.29, 0.717) is 28.4 Å². The second-order valence-electron chi connectivity index (χ2n) is 9.62. The van der Waals surface area contributed by atoms with Gasteiger partial charge in [-0.1, -0.05) is 0 Å². The summed E-state index contributed by atoms with van der Waals surface area (Å²) in [4.78, 5) is 45.8. The van der Waals surface area contributed by atoms with Gasteiger partial charge in [-0.2, -0.15) is 0 Å². The van der Waals surface area contributed by atoms with Gasteiger partial charge in [0, 0.05) is 36.2 Å². The Kier molecular flexibility index (Phi) is 7.60. The lowest BCUT2D eigenvalue weighted by molar-refractivity contribution is -0.116. The molecule has 1 unspecified atom stereocenters. The Balaban J connectivity index is 1.76. The minimum absolute atomic E-state index is 0.0469. The van der Waals surface area contributed by atoms with Crippen LogP contribution in [0.5, 0.6) is 0 Å². The fourth-order valence-electron chi connectivity index (χ4n) is 3.80. The number of carbonyl (C=O) groups excluding carboxylic acids is 3. The van der Waals surface area contributed by atoms with Gasteiger partial charge in [0.05, 0.1) is 24.7 Å². The molecule has 12 heteroatoms. The predicted molar refractivity (Wildman–Crippen MR) is 135 cm³/mol. The highest BCUT2D eigenvalue weighted by molar-refractivity contribution is 5.97. The number of aryl methyl sites for hydroxylation is 1. The van der Waals surface area contributed by atoms with Gasteiger partial charge in [-0.15, -0.1) is 0 Å². The number of methoxy groups -OCH3 is 1. The van der Waals surface area contributed by atoms with Gasteiger partial charge in [0.1, 0.15) is 17.5 Å². The summed E-state index contributed by atoms with van der Waals surface area (Å²) < 4.78 is 30.6. The largest absolute Gasteiger partial charge is 0.453 e. The molecule has 0 fully saturated rings. The first-order valence-electron chi connectivity index (χ1n) is 11.9. The molecular formula is C26H28FN5O6. The number of alkyl carbamates (subject to hydrolysis) is 1. The summed E-state index contributed by atoms with van der Waals surface area (Å²) in [7, 11) is 1.23. The van der Waals surface area contributed by atoms with Crippen LogP contribution in [0.25, 0.3) is 11.3 Å². The number of nitrogens with one attached hydrogen (secondary N) is 3. The maximum absolute atomic E-state index is 14.5. The number of hydrogen-bond donors (Lipinski definition) is 3. The van der Waals surface area contributed by atoms with Crippen molar-refractivity contribution in [3.05, 3.63) is 59.6 Å². The Morgan fingerprint density at radius 1 is 1.16 bits per heavy atom. The van der Waals surface area contributed by atoms with Gasteiger partial charge in [0.25, 0.3) is 0 Å². The number of hydrogen-bond acceptors (Lipinski definition) is 8. The Morgan fingerprint density at radius 3 is 2.68 bits per heavy atom. The standard InChI is InChI=1S/C26H28FN5O6/c1-26(2,3)38-25(35)32-20-12-14-6-8-17(27)18(29-14)9-10-22(33)31-19-11-15(30-24(34)36-4)5-7-16(19)21-13-28-23(20)37-21/h5-8,11,13,20H,9-10,12H2,1-4H3,(H,30,34)(H,31,33)(H,32,35). The highest BCUT2D eigenvalue weighted by Crippen LogP contribution is 2.33. The Hall–Kier alpha value is -4.48. The van der Waals surface area contributed by atoms with E-state index in [1.165, 1.54) is 31.5 Å².